The molecule has 2 nitrogen and oxygen atoms in total. The van der Waals surface area contributed by atoms with Crippen LogP contribution < -0.4 is 0 Å². The maximum absolute atomic E-state index is 4.53. The van der Waals surface area contributed by atoms with Gasteiger partial charge >= 0.3 is 0 Å². The van der Waals surface area contributed by atoms with Crippen molar-refractivity contribution in [3.8, 4) is 0 Å². The van der Waals surface area contributed by atoms with E-state index in [9.17, 15) is 0 Å². The van der Waals surface area contributed by atoms with Crippen LogP contribution in [0.15, 0.2) is 10.5 Å². The second kappa shape index (κ2) is 3.48. The van der Waals surface area contributed by atoms with Crippen molar-refractivity contribution < 1.29 is 0 Å². The number of nitrogens with zero attached hydrogens (tertiary/aromatic N) is 2. The number of imidazole rings is 1. The number of rotatable bonds is 0. The molecule has 1 heterocycles. The van der Waals surface area contributed by atoms with Gasteiger partial charge in [0.25, 0.3) is 0 Å². The molecular weight excluding hydrogens is 355 g/mol. The van der Waals surface area contributed by atoms with Crippen molar-refractivity contribution in [3.63, 3.8) is 0 Å². The molecule has 0 saturated carbocycles. The highest BCUT2D eigenvalue weighted by Gasteiger charge is 2.11. The van der Waals surface area contributed by atoms with Gasteiger partial charge in [0.1, 0.15) is 11.3 Å². The summed E-state index contributed by atoms with van der Waals surface area (Å²) in [5, 5.41) is 0. The van der Waals surface area contributed by atoms with E-state index < -0.39 is 0 Å². The SMILES string of the molecule is Cc1cc2c(nc(C)n2C)c(Br)c1I. The average molecular weight is 365 g/mol. The zero-order valence-electron chi connectivity index (χ0n) is 8.23. The van der Waals surface area contributed by atoms with Crippen LogP contribution in [-0.2, 0) is 7.05 Å². The second-order valence-electron chi connectivity index (χ2n) is 3.41. The Balaban J connectivity index is 2.98. The largest absolute Gasteiger partial charge is 0.331 e. The Labute approximate surface area is 105 Å². The van der Waals surface area contributed by atoms with Crippen molar-refractivity contribution in [2.45, 2.75) is 13.8 Å². The first kappa shape index (κ1) is 10.4. The predicted octanol–water partition coefficient (Wildman–Crippen LogP) is 3.56. The highest BCUT2D eigenvalue weighted by atomic mass is 127. The summed E-state index contributed by atoms with van der Waals surface area (Å²) < 4.78 is 4.47. The molecule has 1 aromatic carbocycles. The molecule has 0 atom stereocenters. The first-order valence-electron chi connectivity index (χ1n) is 4.30. The lowest BCUT2D eigenvalue weighted by Crippen LogP contribution is -1.91. The van der Waals surface area contributed by atoms with Gasteiger partial charge in [-0.3, -0.25) is 0 Å². The summed E-state index contributed by atoms with van der Waals surface area (Å²) in [4.78, 5) is 4.53. The summed E-state index contributed by atoms with van der Waals surface area (Å²) in [5.41, 5.74) is 3.53. The third kappa shape index (κ3) is 1.39. The third-order valence-corrected chi connectivity index (χ3v) is 5.37. The lowest BCUT2D eigenvalue weighted by atomic mass is 10.2. The second-order valence-corrected chi connectivity index (χ2v) is 5.28. The van der Waals surface area contributed by atoms with E-state index in [-0.39, 0.29) is 0 Å². The van der Waals surface area contributed by atoms with E-state index in [2.05, 4.69) is 61.1 Å². The molecule has 0 aliphatic rings. The fourth-order valence-electron chi connectivity index (χ4n) is 1.50. The molecule has 0 N–H and O–H groups in total. The van der Waals surface area contributed by atoms with E-state index in [1.54, 1.807) is 0 Å². The molecule has 4 heteroatoms. The van der Waals surface area contributed by atoms with Crippen LogP contribution in [0.2, 0.25) is 0 Å². The van der Waals surface area contributed by atoms with Crippen LogP contribution in [-0.4, -0.2) is 9.55 Å². The number of hydrogen-bond donors (Lipinski definition) is 0. The van der Waals surface area contributed by atoms with Gasteiger partial charge in [-0.15, -0.1) is 0 Å². The van der Waals surface area contributed by atoms with E-state index in [1.807, 2.05) is 14.0 Å². The molecular formula is C10H10BrIN2. The van der Waals surface area contributed by atoms with Crippen LogP contribution in [0.25, 0.3) is 11.0 Å². The maximum atomic E-state index is 4.53. The van der Waals surface area contributed by atoms with Gasteiger partial charge in [0.15, 0.2) is 0 Å². The molecule has 2 rings (SSSR count). The van der Waals surface area contributed by atoms with E-state index in [4.69, 9.17) is 0 Å². The van der Waals surface area contributed by atoms with Crippen molar-refractivity contribution in [1.29, 1.82) is 0 Å². The highest BCUT2D eigenvalue weighted by Crippen LogP contribution is 2.31. The zero-order chi connectivity index (χ0) is 10.5. The molecule has 0 fully saturated rings. The minimum absolute atomic E-state index is 1.04. The van der Waals surface area contributed by atoms with Gasteiger partial charge in [0, 0.05) is 10.6 Å². The maximum Gasteiger partial charge on any atom is 0.106 e. The first-order valence-corrected chi connectivity index (χ1v) is 6.17. The lowest BCUT2D eigenvalue weighted by molar-refractivity contribution is 0.885. The fraction of sp³-hybridized carbons (Fsp3) is 0.300. The molecule has 0 amide bonds. The fourth-order valence-corrected chi connectivity index (χ4v) is 2.52. The Bertz CT molecular complexity index is 517. The Morgan fingerprint density at radius 2 is 2.07 bits per heavy atom. The van der Waals surface area contributed by atoms with Gasteiger partial charge in [-0.2, -0.15) is 0 Å². The van der Waals surface area contributed by atoms with E-state index in [1.165, 1.54) is 14.7 Å². The van der Waals surface area contributed by atoms with Crippen LogP contribution in [0.1, 0.15) is 11.4 Å². The average Bonchev–Trinajstić information content (AvgIpc) is 2.42. The molecule has 1 aromatic heterocycles. The van der Waals surface area contributed by atoms with Crippen LogP contribution in [0.3, 0.4) is 0 Å². The van der Waals surface area contributed by atoms with Crippen LogP contribution >= 0.6 is 38.5 Å². The molecule has 0 saturated heterocycles. The first-order chi connectivity index (χ1) is 6.52. The molecule has 0 radical (unpaired) electrons. The Morgan fingerprint density at radius 1 is 1.43 bits per heavy atom. The van der Waals surface area contributed by atoms with Gasteiger partial charge in [-0.1, -0.05) is 0 Å². The summed E-state index contributed by atoms with van der Waals surface area (Å²) >= 11 is 5.94. The molecule has 0 spiro atoms. The summed E-state index contributed by atoms with van der Waals surface area (Å²) in [6, 6.07) is 2.18. The monoisotopic (exact) mass is 364 g/mol. The molecule has 14 heavy (non-hydrogen) atoms. The standard InChI is InChI=1S/C10H10BrIN2/c1-5-4-7-10(8(11)9(5)12)13-6(2)14(7)3/h4H,1-3H3. The van der Waals surface area contributed by atoms with Gasteiger partial charge in [-0.05, 0) is 64.0 Å². The molecule has 0 unspecified atom stereocenters. The van der Waals surface area contributed by atoms with Crippen LogP contribution in [0.4, 0.5) is 0 Å². The zero-order valence-corrected chi connectivity index (χ0v) is 12.0. The van der Waals surface area contributed by atoms with Crippen molar-refractivity contribution >= 4 is 49.6 Å². The number of benzene rings is 1. The summed E-state index contributed by atoms with van der Waals surface area (Å²) in [6.45, 7) is 4.14. The van der Waals surface area contributed by atoms with Crippen molar-refractivity contribution in [2.24, 2.45) is 7.05 Å². The highest BCUT2D eigenvalue weighted by molar-refractivity contribution is 14.1. The smallest absolute Gasteiger partial charge is 0.106 e. The van der Waals surface area contributed by atoms with Crippen molar-refractivity contribution in [2.75, 3.05) is 0 Å². The summed E-state index contributed by atoms with van der Waals surface area (Å²) in [6.07, 6.45) is 0. The summed E-state index contributed by atoms with van der Waals surface area (Å²) in [7, 11) is 2.05. The Morgan fingerprint density at radius 3 is 2.71 bits per heavy atom. The van der Waals surface area contributed by atoms with Gasteiger partial charge < -0.3 is 4.57 Å². The number of hydrogen-bond acceptors (Lipinski definition) is 1. The molecule has 0 aliphatic heterocycles. The molecule has 74 valence electrons. The lowest BCUT2D eigenvalue weighted by Gasteiger charge is -2.03. The predicted molar refractivity (Wildman–Crippen MR) is 70.6 cm³/mol. The number of aromatic nitrogens is 2. The normalized spacial score (nSPS) is 11.2. The van der Waals surface area contributed by atoms with E-state index in [0.717, 1.165) is 15.8 Å². The van der Waals surface area contributed by atoms with E-state index in [0.29, 0.717) is 0 Å². The topological polar surface area (TPSA) is 17.8 Å². The van der Waals surface area contributed by atoms with Gasteiger partial charge in [-0.25, -0.2) is 4.98 Å². The number of fused-ring (bicyclic) bond motifs is 1. The van der Waals surface area contributed by atoms with Crippen molar-refractivity contribution in [1.82, 2.24) is 9.55 Å². The summed E-state index contributed by atoms with van der Waals surface area (Å²) in [5.74, 6) is 1.04. The van der Waals surface area contributed by atoms with Crippen LogP contribution in [0, 0.1) is 17.4 Å². The van der Waals surface area contributed by atoms with Crippen LogP contribution in [0.5, 0.6) is 0 Å². The number of halogens is 2. The third-order valence-electron chi connectivity index (χ3n) is 2.46. The van der Waals surface area contributed by atoms with Gasteiger partial charge in [0.2, 0.25) is 0 Å². The molecule has 0 aliphatic carbocycles. The number of aryl methyl sites for hydroxylation is 3. The van der Waals surface area contributed by atoms with Crippen molar-refractivity contribution in [3.05, 3.63) is 25.5 Å². The minimum atomic E-state index is 1.04. The minimum Gasteiger partial charge on any atom is -0.331 e. The quantitative estimate of drug-likeness (QED) is 0.653. The van der Waals surface area contributed by atoms with E-state index >= 15 is 0 Å². The van der Waals surface area contributed by atoms with Gasteiger partial charge in [0.05, 0.1) is 9.99 Å². The molecule has 2 aromatic rings. The Kier molecular flexibility index (Phi) is 2.59. The molecule has 0 bridgehead atoms. The Hall–Kier alpha value is -0.100.